The first-order valence-corrected chi connectivity index (χ1v) is 37.9. The predicted octanol–water partition coefficient (Wildman–Crippen LogP) is 5.02. The largest absolute Gasteiger partial charge is 0.479 e. The lowest BCUT2D eigenvalue weighted by Gasteiger charge is -2.69. The molecular formula is C78H95N11O20S. The van der Waals surface area contributed by atoms with Crippen LogP contribution in [-0.2, 0) is 75.5 Å². The molecule has 11 atom stereocenters. The zero-order valence-electron chi connectivity index (χ0n) is 62.1. The van der Waals surface area contributed by atoms with Gasteiger partial charge in [-0.3, -0.25) is 43.7 Å². The third-order valence-corrected chi connectivity index (χ3v) is 23.2. The standard InChI is InChI=1S/C78H95N11O20S/c1-42(2)64(84-61(95)32-88-62(96)20-21-63(88)97)70(101)80-43(3)68(99)81-48-16-14-47(46(28-48)15-18-58-55(92)29-56(93)67(109-58)72(104)105)34-107-74(106)86(25-23-54(91)66(98)57(94)33-90)26-27-108-78-38-75(5)35-76(6,39-78)37-77(36-75,40-78)41-89-44(4)51(30-79-89)49-17-19-60(83-65(49)71(102)103)87-24-22-45-10-9-11-50(52(45)31-87)69(100)85-73-82-53-12-7-8-13-59(53)110-73/h7-14,16-17,19-21,28,30,42-43,54-58,64,66-67,90-94,98H,15,18,22-27,29,31-41H2,1-6H3,(H,80,101)(H,81,99)(H,84,95)(H,102,103)(H,104,105)(H,82,85,100)/t43-,54+,55?,56-,57+,58-,64?,66-,67-,75?,76?,77?,78?/m0/s1. The molecule has 0 spiro atoms. The van der Waals surface area contributed by atoms with Crippen LogP contribution in [0.4, 0.5) is 21.4 Å². The molecule has 588 valence electrons. The number of aliphatic hydroxyl groups is 6. The van der Waals surface area contributed by atoms with Crippen LogP contribution in [0.5, 0.6) is 0 Å². The van der Waals surface area contributed by atoms with Crippen molar-refractivity contribution in [3.8, 4) is 11.1 Å². The number of aryl methyl sites for hydroxylation is 1. The number of benzene rings is 3. The van der Waals surface area contributed by atoms with Crippen LogP contribution in [0.3, 0.4) is 0 Å². The Morgan fingerprint density at radius 1 is 0.800 bits per heavy atom. The summed E-state index contributed by atoms with van der Waals surface area (Å²) in [7, 11) is 0. The molecular weight excluding hydrogens is 1440 g/mol. The van der Waals surface area contributed by atoms with E-state index in [0.717, 1.165) is 71.3 Å². The second-order valence-corrected chi connectivity index (χ2v) is 32.5. The molecule has 31 nitrogen and oxygen atoms in total. The number of imide groups is 1. The van der Waals surface area contributed by atoms with Crippen molar-refractivity contribution in [3.63, 3.8) is 0 Å². The van der Waals surface area contributed by atoms with Crippen LogP contribution in [0, 0.1) is 29.1 Å². The number of amides is 7. The molecule has 5 fully saturated rings. The number of ether oxygens (including phenoxy) is 3. The number of carbonyl (C=O) groups excluding carboxylic acids is 7. The Morgan fingerprint density at radius 3 is 2.24 bits per heavy atom. The van der Waals surface area contributed by atoms with Gasteiger partial charge in [0.1, 0.15) is 43.3 Å². The molecule has 3 aliphatic heterocycles. The van der Waals surface area contributed by atoms with Gasteiger partial charge >= 0.3 is 18.0 Å². The monoisotopic (exact) mass is 1540 g/mol. The Balaban J connectivity index is 0.729. The molecule has 6 heterocycles. The lowest BCUT2D eigenvalue weighted by molar-refractivity contribution is -0.248. The number of aromatic nitrogens is 4. The highest BCUT2D eigenvalue weighted by atomic mass is 32.1. The van der Waals surface area contributed by atoms with Gasteiger partial charge in [0.25, 0.3) is 17.7 Å². The average Bonchev–Trinajstić information content (AvgIpc) is 0.729. The Hall–Kier alpha value is -9.64. The first-order chi connectivity index (χ1) is 52.2. The number of carboxylic acids is 2. The minimum absolute atomic E-state index is 0.00530. The quantitative estimate of drug-likeness (QED) is 0.0254. The van der Waals surface area contributed by atoms with Crippen LogP contribution >= 0.6 is 11.3 Å². The van der Waals surface area contributed by atoms with Gasteiger partial charge in [-0.25, -0.2) is 24.4 Å². The number of nitrogens with zero attached hydrogens (tertiary/aromatic N) is 7. The van der Waals surface area contributed by atoms with Crippen molar-refractivity contribution >= 4 is 91.7 Å². The van der Waals surface area contributed by atoms with Crippen LogP contribution < -0.4 is 26.2 Å². The molecule has 12 N–H and O–H groups in total. The van der Waals surface area contributed by atoms with Gasteiger partial charge in [-0.05, 0) is 165 Å². The fourth-order valence-electron chi connectivity index (χ4n) is 18.0. The van der Waals surface area contributed by atoms with Gasteiger partial charge in [0.2, 0.25) is 17.7 Å². The number of aliphatic carboxylic acids is 1. The van der Waals surface area contributed by atoms with E-state index in [2.05, 4.69) is 40.1 Å². The van der Waals surface area contributed by atoms with Crippen molar-refractivity contribution in [3.05, 3.63) is 130 Å². The van der Waals surface area contributed by atoms with E-state index in [1.807, 2.05) is 59.0 Å². The van der Waals surface area contributed by atoms with E-state index in [4.69, 9.17) is 24.3 Å². The molecule has 4 aliphatic carbocycles. The topological polar surface area (TPSA) is 445 Å². The van der Waals surface area contributed by atoms with Gasteiger partial charge in [0.05, 0.1) is 59.6 Å². The zero-order valence-corrected chi connectivity index (χ0v) is 62.9. The number of hydrogen-bond acceptors (Lipinski definition) is 23. The summed E-state index contributed by atoms with van der Waals surface area (Å²) in [4.78, 5) is 132. The van der Waals surface area contributed by atoms with Crippen LogP contribution in [0.25, 0.3) is 21.3 Å². The molecule has 7 amide bonds. The highest BCUT2D eigenvalue weighted by molar-refractivity contribution is 7.22. The number of pyridine rings is 1. The smallest absolute Gasteiger partial charge is 0.410 e. The number of para-hydroxylation sites is 1. The molecule has 0 radical (unpaired) electrons. The summed E-state index contributed by atoms with van der Waals surface area (Å²) in [5, 5.41) is 100.0. The fraction of sp³-hybridized carbons (Fsp3) is 0.513. The van der Waals surface area contributed by atoms with Crippen molar-refractivity contribution in [2.75, 3.05) is 54.9 Å². The molecule has 4 saturated carbocycles. The van der Waals surface area contributed by atoms with E-state index in [-0.39, 0.29) is 78.9 Å². The summed E-state index contributed by atoms with van der Waals surface area (Å²) in [5.74, 6) is -6.63. The minimum Gasteiger partial charge on any atom is -0.479 e. The minimum atomic E-state index is -1.78. The summed E-state index contributed by atoms with van der Waals surface area (Å²) in [6.45, 7) is 10.3. The lowest BCUT2D eigenvalue weighted by atomic mass is 9.39. The average molecular weight is 1540 g/mol. The Labute approximate surface area is 638 Å². The molecule has 4 unspecified atom stereocenters. The maximum Gasteiger partial charge on any atom is 0.410 e. The van der Waals surface area contributed by atoms with Crippen LogP contribution in [0.1, 0.15) is 141 Å². The third kappa shape index (κ3) is 17.7. The molecule has 1 saturated heterocycles. The number of carbonyl (C=O) groups is 9. The summed E-state index contributed by atoms with van der Waals surface area (Å²) in [6.07, 6.45) is -2.98. The van der Waals surface area contributed by atoms with Crippen molar-refractivity contribution < 1.29 is 98.2 Å². The number of aliphatic hydroxyl groups excluding tert-OH is 6. The summed E-state index contributed by atoms with van der Waals surface area (Å²) >= 11 is 1.39. The number of carboxylic acid groups (broad SMARTS) is 2. The first-order valence-electron chi connectivity index (χ1n) is 37.0. The first kappa shape index (κ1) is 79.9. The Kier molecular flexibility index (Phi) is 23.8. The van der Waals surface area contributed by atoms with Gasteiger partial charge in [-0.1, -0.05) is 69.4 Å². The normalized spacial score (nSPS) is 24.7. The molecule has 3 aromatic carbocycles. The summed E-state index contributed by atoms with van der Waals surface area (Å²) in [5.41, 5.74) is 4.37. The SMILES string of the molecule is Cc1c(-c2ccc(N3CCc4cccc(C(=O)Nc5nc6ccccc6s5)c4C3)nc2C(=O)O)cnn1CC12CC3(C)CC(C)(C1)CC(OCCN(CC[C@@H](O)[C@H](O)[C@H](O)CO)C(=O)OCc1ccc(NC(=O)[C@H](C)NC(=O)C(NC(=O)CN4C(=O)C=CC4=O)C(C)C)cc1CC[C@@H]1O[C@H](C(=O)O)[C@@H](O)CC1O)(C3)C2. The molecule has 3 aromatic heterocycles. The number of aromatic carboxylic acids is 1. The maximum atomic E-state index is 14.6. The lowest BCUT2D eigenvalue weighted by Crippen LogP contribution is -2.64. The van der Waals surface area contributed by atoms with Crippen LogP contribution in [0.15, 0.2) is 91.1 Å². The Bertz CT molecular complexity index is 4490. The Morgan fingerprint density at radius 2 is 1.54 bits per heavy atom. The van der Waals surface area contributed by atoms with Gasteiger partial charge in [0.15, 0.2) is 16.9 Å². The van der Waals surface area contributed by atoms with E-state index in [0.29, 0.717) is 76.1 Å². The molecule has 4 bridgehead atoms. The van der Waals surface area contributed by atoms with E-state index >= 15 is 0 Å². The van der Waals surface area contributed by atoms with E-state index < -0.39 is 134 Å². The molecule has 32 heteroatoms. The summed E-state index contributed by atoms with van der Waals surface area (Å²) in [6, 6.07) is 19.1. The molecule has 13 rings (SSSR count). The van der Waals surface area contributed by atoms with Crippen molar-refractivity contribution in [1.29, 1.82) is 0 Å². The van der Waals surface area contributed by atoms with Gasteiger partial charge in [0, 0.05) is 79.4 Å². The number of rotatable bonds is 31. The molecule has 110 heavy (non-hydrogen) atoms. The summed E-state index contributed by atoms with van der Waals surface area (Å²) < 4.78 is 21.7. The predicted molar refractivity (Wildman–Crippen MR) is 399 cm³/mol. The number of nitrogens with one attached hydrogen (secondary N) is 4. The highest BCUT2D eigenvalue weighted by Crippen LogP contribution is 2.72. The number of thiazole rings is 1. The van der Waals surface area contributed by atoms with E-state index in [9.17, 15) is 84.0 Å². The second-order valence-electron chi connectivity index (χ2n) is 31.5. The van der Waals surface area contributed by atoms with Crippen molar-refractivity contribution in [1.82, 2.24) is 40.2 Å². The van der Waals surface area contributed by atoms with Gasteiger partial charge in [-0.15, -0.1) is 0 Å². The van der Waals surface area contributed by atoms with Crippen LogP contribution in [0.2, 0.25) is 0 Å². The molecule has 7 aliphatic rings. The maximum absolute atomic E-state index is 14.6. The third-order valence-electron chi connectivity index (χ3n) is 22.2. The highest BCUT2D eigenvalue weighted by Gasteiger charge is 2.66. The number of anilines is 3. The number of fused-ring (bicyclic) bond motifs is 2. The van der Waals surface area contributed by atoms with Crippen molar-refractivity contribution in [2.45, 2.75) is 192 Å². The fourth-order valence-corrected chi connectivity index (χ4v) is 18.9. The van der Waals surface area contributed by atoms with Gasteiger partial charge in [-0.2, -0.15) is 5.10 Å². The molecule has 6 aromatic rings. The van der Waals surface area contributed by atoms with Crippen LogP contribution in [-0.4, -0.2) is 224 Å². The van der Waals surface area contributed by atoms with E-state index in [1.54, 1.807) is 44.3 Å². The zero-order chi connectivity index (χ0) is 78.9. The van der Waals surface area contributed by atoms with Gasteiger partial charge < -0.3 is 80.8 Å². The second kappa shape index (κ2) is 32.7. The van der Waals surface area contributed by atoms with Crippen molar-refractivity contribution in [2.24, 2.45) is 22.2 Å². The number of hydrogen-bond donors (Lipinski definition) is 12. The van der Waals surface area contributed by atoms with E-state index in [1.165, 1.54) is 29.2 Å².